The Morgan fingerprint density at radius 1 is 0.784 bits per heavy atom. The summed E-state index contributed by atoms with van der Waals surface area (Å²) >= 11 is 0. The second kappa shape index (κ2) is 10.0. The van der Waals surface area contributed by atoms with Gasteiger partial charge < -0.3 is 10.2 Å². The van der Waals surface area contributed by atoms with E-state index in [1.54, 1.807) is 6.20 Å². The number of para-hydroxylation sites is 1. The van der Waals surface area contributed by atoms with Crippen molar-refractivity contribution < 1.29 is 4.42 Å². The van der Waals surface area contributed by atoms with Crippen molar-refractivity contribution >= 4 is 34.0 Å². The summed E-state index contributed by atoms with van der Waals surface area (Å²) in [5.41, 5.74) is 13.2. The van der Waals surface area contributed by atoms with Crippen LogP contribution in [0.4, 0.5) is 0 Å². The van der Waals surface area contributed by atoms with Gasteiger partial charge in [0.1, 0.15) is 17.3 Å². The SMILES string of the molecule is NC(/N=C(\N=C\c1ccccc1)c1cccc(-c2cccnc2)c1)c1cccc2oc3ccccc3c12. The number of rotatable bonds is 5. The third-order valence-electron chi connectivity index (χ3n) is 6.27. The van der Waals surface area contributed by atoms with E-state index in [1.165, 1.54) is 0 Å². The van der Waals surface area contributed by atoms with Gasteiger partial charge in [-0.2, -0.15) is 0 Å². The molecule has 0 bridgehead atoms. The van der Waals surface area contributed by atoms with E-state index in [0.29, 0.717) is 5.84 Å². The summed E-state index contributed by atoms with van der Waals surface area (Å²) in [5.74, 6) is 0.548. The van der Waals surface area contributed by atoms with Gasteiger partial charge in [0.2, 0.25) is 0 Å². The first kappa shape index (κ1) is 22.6. The Morgan fingerprint density at radius 2 is 1.57 bits per heavy atom. The van der Waals surface area contributed by atoms with Crippen LogP contribution >= 0.6 is 0 Å². The van der Waals surface area contributed by atoms with Crippen molar-refractivity contribution in [2.75, 3.05) is 0 Å². The number of hydrogen-bond donors (Lipinski definition) is 1. The monoisotopic (exact) mass is 480 g/mol. The van der Waals surface area contributed by atoms with Gasteiger partial charge in [0.15, 0.2) is 5.84 Å². The Hall–Kier alpha value is -4.87. The summed E-state index contributed by atoms with van der Waals surface area (Å²) in [6.45, 7) is 0. The van der Waals surface area contributed by atoms with E-state index in [1.807, 2.05) is 109 Å². The predicted octanol–water partition coefficient (Wildman–Crippen LogP) is 7.17. The molecule has 0 saturated carbocycles. The average molecular weight is 481 g/mol. The molecule has 0 radical (unpaired) electrons. The number of nitrogens with zero attached hydrogens (tertiary/aromatic N) is 3. The highest BCUT2D eigenvalue weighted by Crippen LogP contribution is 2.34. The number of furan rings is 1. The zero-order chi connectivity index (χ0) is 25.0. The Kier molecular flexibility index (Phi) is 6.11. The lowest BCUT2D eigenvalue weighted by atomic mass is 10.0. The topological polar surface area (TPSA) is 76.8 Å². The van der Waals surface area contributed by atoms with E-state index in [9.17, 15) is 0 Å². The lowest BCUT2D eigenvalue weighted by molar-refractivity contribution is 0.668. The molecule has 0 amide bonds. The molecule has 0 aliphatic rings. The van der Waals surface area contributed by atoms with Gasteiger partial charge in [0.05, 0.1) is 0 Å². The molecule has 1 unspecified atom stereocenters. The lowest BCUT2D eigenvalue weighted by Crippen LogP contribution is -2.12. The summed E-state index contributed by atoms with van der Waals surface area (Å²) in [5, 5.41) is 2.00. The molecule has 5 nitrogen and oxygen atoms in total. The molecule has 0 aliphatic carbocycles. The molecule has 2 aromatic heterocycles. The highest BCUT2D eigenvalue weighted by molar-refractivity contribution is 6.08. The zero-order valence-electron chi connectivity index (χ0n) is 20.0. The molecular formula is C32H24N4O. The number of nitrogens with two attached hydrogens (primary N) is 1. The maximum absolute atomic E-state index is 6.75. The molecular weight excluding hydrogens is 456 g/mol. The van der Waals surface area contributed by atoms with Crippen molar-refractivity contribution in [2.45, 2.75) is 6.17 Å². The maximum atomic E-state index is 6.75. The Balaban J connectivity index is 1.47. The lowest BCUT2D eigenvalue weighted by Gasteiger charge is -2.12. The first-order valence-electron chi connectivity index (χ1n) is 12.1. The number of aliphatic imine (C=N–C) groups is 2. The van der Waals surface area contributed by atoms with Crippen molar-refractivity contribution in [1.29, 1.82) is 0 Å². The number of benzene rings is 4. The van der Waals surface area contributed by atoms with Gasteiger partial charge in [-0.3, -0.25) is 4.98 Å². The third-order valence-corrected chi connectivity index (χ3v) is 6.27. The van der Waals surface area contributed by atoms with Crippen LogP contribution in [0.2, 0.25) is 0 Å². The summed E-state index contributed by atoms with van der Waals surface area (Å²) < 4.78 is 6.06. The minimum atomic E-state index is -0.644. The van der Waals surface area contributed by atoms with E-state index in [-0.39, 0.29) is 0 Å². The molecule has 2 N–H and O–H groups in total. The molecule has 5 heteroatoms. The fourth-order valence-electron chi connectivity index (χ4n) is 4.48. The highest BCUT2D eigenvalue weighted by Gasteiger charge is 2.16. The van der Waals surface area contributed by atoms with Gasteiger partial charge in [-0.05, 0) is 35.4 Å². The zero-order valence-corrected chi connectivity index (χ0v) is 20.0. The van der Waals surface area contributed by atoms with Crippen molar-refractivity contribution in [1.82, 2.24) is 4.98 Å². The van der Waals surface area contributed by atoms with Gasteiger partial charge in [0, 0.05) is 46.1 Å². The van der Waals surface area contributed by atoms with Gasteiger partial charge >= 0.3 is 0 Å². The minimum Gasteiger partial charge on any atom is -0.456 e. The first-order chi connectivity index (χ1) is 18.3. The molecule has 2 heterocycles. The molecule has 6 aromatic rings. The smallest absolute Gasteiger partial charge is 0.156 e. The highest BCUT2D eigenvalue weighted by atomic mass is 16.3. The number of amidine groups is 1. The van der Waals surface area contributed by atoms with E-state index in [4.69, 9.17) is 20.1 Å². The number of aromatic nitrogens is 1. The largest absolute Gasteiger partial charge is 0.456 e. The maximum Gasteiger partial charge on any atom is 0.156 e. The van der Waals surface area contributed by atoms with Crippen LogP contribution in [-0.4, -0.2) is 17.0 Å². The molecule has 0 fully saturated rings. The molecule has 0 saturated heterocycles. The molecule has 0 aliphatic heterocycles. The fourth-order valence-corrected chi connectivity index (χ4v) is 4.48. The predicted molar refractivity (Wildman–Crippen MR) is 151 cm³/mol. The Morgan fingerprint density at radius 3 is 2.43 bits per heavy atom. The summed E-state index contributed by atoms with van der Waals surface area (Å²) in [6, 6.07) is 35.9. The third kappa shape index (κ3) is 4.68. The number of fused-ring (bicyclic) bond motifs is 3. The normalized spacial score (nSPS) is 12.9. The van der Waals surface area contributed by atoms with Crippen molar-refractivity contribution in [3.63, 3.8) is 0 Å². The van der Waals surface area contributed by atoms with E-state index in [0.717, 1.165) is 49.8 Å². The van der Waals surface area contributed by atoms with Gasteiger partial charge in [-0.1, -0.05) is 84.9 Å². The van der Waals surface area contributed by atoms with Crippen LogP contribution in [0.15, 0.2) is 136 Å². The minimum absolute atomic E-state index is 0.548. The van der Waals surface area contributed by atoms with Crippen LogP contribution in [0, 0.1) is 0 Å². The second-order valence-electron chi connectivity index (χ2n) is 8.71. The van der Waals surface area contributed by atoms with E-state index in [2.05, 4.69) is 17.1 Å². The first-order valence-corrected chi connectivity index (χ1v) is 12.1. The standard InChI is InChI=1S/C32H24N4O/c33-31(27-15-7-17-29-30(27)26-14-4-5-16-28(26)37-29)36-32(35-20-22-9-2-1-3-10-22)24-12-6-11-23(19-24)25-13-8-18-34-21-25/h1-21,31H,33H2/b35-20+,36-32-. The summed E-state index contributed by atoms with van der Waals surface area (Å²) in [7, 11) is 0. The number of hydrogen-bond acceptors (Lipinski definition) is 4. The molecule has 6 rings (SSSR count). The second-order valence-corrected chi connectivity index (χ2v) is 8.71. The molecule has 37 heavy (non-hydrogen) atoms. The van der Waals surface area contributed by atoms with Crippen LogP contribution in [0.25, 0.3) is 33.1 Å². The van der Waals surface area contributed by atoms with Gasteiger partial charge in [-0.15, -0.1) is 0 Å². The van der Waals surface area contributed by atoms with Crippen LogP contribution in [0.3, 0.4) is 0 Å². The number of pyridine rings is 1. The van der Waals surface area contributed by atoms with Crippen LogP contribution in [0.5, 0.6) is 0 Å². The van der Waals surface area contributed by atoms with Crippen molar-refractivity contribution in [3.05, 3.63) is 138 Å². The Labute approximate surface area is 214 Å². The summed E-state index contributed by atoms with van der Waals surface area (Å²) in [4.78, 5) is 14.0. The molecule has 4 aromatic carbocycles. The van der Waals surface area contributed by atoms with Gasteiger partial charge in [0.25, 0.3) is 0 Å². The molecule has 0 spiro atoms. The quantitative estimate of drug-likeness (QED) is 0.210. The molecule has 1 atom stereocenters. The van der Waals surface area contributed by atoms with Gasteiger partial charge in [-0.25, -0.2) is 9.98 Å². The fraction of sp³-hybridized carbons (Fsp3) is 0.0312. The summed E-state index contributed by atoms with van der Waals surface area (Å²) in [6.07, 6.45) is 4.79. The van der Waals surface area contributed by atoms with Crippen LogP contribution < -0.4 is 5.73 Å². The van der Waals surface area contributed by atoms with E-state index >= 15 is 0 Å². The van der Waals surface area contributed by atoms with Crippen LogP contribution in [0.1, 0.15) is 22.9 Å². The van der Waals surface area contributed by atoms with Crippen LogP contribution in [-0.2, 0) is 0 Å². The van der Waals surface area contributed by atoms with Crippen molar-refractivity contribution in [3.8, 4) is 11.1 Å². The van der Waals surface area contributed by atoms with Crippen molar-refractivity contribution in [2.24, 2.45) is 15.7 Å². The average Bonchev–Trinajstić information content (AvgIpc) is 3.35. The molecule has 178 valence electrons. The Bertz CT molecular complexity index is 1740. The van der Waals surface area contributed by atoms with E-state index < -0.39 is 6.17 Å².